The Bertz CT molecular complexity index is 125. The first-order valence-electron chi connectivity index (χ1n) is 2.35. The summed E-state index contributed by atoms with van der Waals surface area (Å²) < 4.78 is 0. The van der Waals surface area contributed by atoms with Crippen LogP contribution < -0.4 is 5.10 Å². The molecule has 8 heavy (non-hydrogen) atoms. The fraction of sp³-hybridized carbons (Fsp3) is 0.400. The van der Waals surface area contributed by atoms with Crippen molar-refractivity contribution in [2.24, 2.45) is 0 Å². The van der Waals surface area contributed by atoms with Crippen LogP contribution in [0, 0.1) is 0 Å². The van der Waals surface area contributed by atoms with Gasteiger partial charge in [-0.2, -0.15) is 6.20 Å². The fourth-order valence-corrected chi connectivity index (χ4v) is 0.431. The molecule has 0 spiro atoms. The van der Waals surface area contributed by atoms with Gasteiger partial charge in [0.2, 0.25) is 0 Å². The summed E-state index contributed by atoms with van der Waals surface area (Å²) in [6, 6.07) is 0. The summed E-state index contributed by atoms with van der Waals surface area (Å²) in [6.07, 6.45) is 4.59. The zero-order valence-corrected chi connectivity index (χ0v) is 7.35. The normalized spacial score (nSPS) is 8.12. The molecule has 3 heteroatoms. The van der Waals surface area contributed by atoms with Gasteiger partial charge in [-0.3, -0.25) is 0 Å². The number of aryl methyl sites for hydroxylation is 1. The van der Waals surface area contributed by atoms with Crippen LogP contribution >= 0.6 is 0 Å². The smallest absolute Gasteiger partial charge is 0.00516 e. The van der Waals surface area contributed by atoms with Gasteiger partial charge in [-0.05, 0) is 6.42 Å². The van der Waals surface area contributed by atoms with Crippen molar-refractivity contribution in [2.75, 3.05) is 0 Å². The van der Waals surface area contributed by atoms with Gasteiger partial charge in [0, 0.05) is 26.6 Å². The molecular weight excluding hydrogens is 274 g/mol. The van der Waals surface area contributed by atoms with Crippen LogP contribution in [0.3, 0.4) is 0 Å². The second-order valence-corrected chi connectivity index (χ2v) is 1.42. The summed E-state index contributed by atoms with van der Waals surface area (Å²) in [7, 11) is 0. The minimum absolute atomic E-state index is 0. The molecule has 1 aromatic heterocycles. The standard InChI is InChI=1S/C5H7N2.Re/c1-2-5-3-6-7-4-5;/h3-4H,2H2,1H3;/q-1;. The third-order valence-electron chi connectivity index (χ3n) is 0.922. The van der Waals surface area contributed by atoms with E-state index in [2.05, 4.69) is 17.1 Å². The Hall–Kier alpha value is -0.128. The largest absolute Gasteiger partial charge is 0.582 e. The Kier molecular flexibility index (Phi) is 3.76. The molecule has 45 valence electrons. The van der Waals surface area contributed by atoms with Crippen molar-refractivity contribution in [3.05, 3.63) is 18.0 Å². The van der Waals surface area contributed by atoms with Crippen molar-refractivity contribution in [3.63, 3.8) is 0 Å². The number of aromatic nitrogens is 2. The Morgan fingerprint density at radius 3 is 2.75 bits per heavy atom. The summed E-state index contributed by atoms with van der Waals surface area (Å²) in [4.78, 5) is 0. The van der Waals surface area contributed by atoms with Crippen LogP contribution in [0.25, 0.3) is 0 Å². The average molecular weight is 281 g/mol. The van der Waals surface area contributed by atoms with Crippen LogP contribution in [0.15, 0.2) is 12.4 Å². The van der Waals surface area contributed by atoms with Crippen LogP contribution in [0.5, 0.6) is 0 Å². The van der Waals surface area contributed by atoms with Crippen LogP contribution in [0.2, 0.25) is 0 Å². The second-order valence-electron chi connectivity index (χ2n) is 1.42. The van der Waals surface area contributed by atoms with E-state index in [9.17, 15) is 0 Å². The number of nitrogens with zero attached hydrogens (tertiary/aromatic N) is 2. The van der Waals surface area contributed by atoms with E-state index in [4.69, 9.17) is 0 Å². The summed E-state index contributed by atoms with van der Waals surface area (Å²) in [5.74, 6) is 0. The maximum absolute atomic E-state index is 3.64. The third-order valence-corrected chi connectivity index (χ3v) is 0.922. The van der Waals surface area contributed by atoms with E-state index in [1.807, 2.05) is 0 Å². The Morgan fingerprint density at radius 2 is 2.50 bits per heavy atom. The van der Waals surface area contributed by atoms with E-state index in [1.54, 1.807) is 12.4 Å². The maximum atomic E-state index is 3.64. The molecule has 1 heterocycles. The first-order chi connectivity index (χ1) is 3.43. The van der Waals surface area contributed by atoms with Gasteiger partial charge in [-0.15, -0.1) is 0 Å². The summed E-state index contributed by atoms with van der Waals surface area (Å²) in [5, 5.41) is 7.29. The molecule has 0 amide bonds. The predicted octanol–water partition coefficient (Wildman–Crippen LogP) is 0.599. The molecule has 0 unspecified atom stereocenters. The van der Waals surface area contributed by atoms with E-state index in [-0.39, 0.29) is 20.4 Å². The fourth-order valence-electron chi connectivity index (χ4n) is 0.431. The third kappa shape index (κ3) is 1.77. The predicted molar refractivity (Wildman–Crippen MR) is 26.9 cm³/mol. The van der Waals surface area contributed by atoms with E-state index in [0.717, 1.165) is 6.42 Å². The van der Waals surface area contributed by atoms with E-state index in [0.29, 0.717) is 0 Å². The zero-order valence-electron chi connectivity index (χ0n) is 4.63. The monoisotopic (exact) mass is 282 g/mol. The van der Waals surface area contributed by atoms with Crippen LogP contribution in [-0.4, -0.2) is 5.10 Å². The first-order valence-corrected chi connectivity index (χ1v) is 2.35. The van der Waals surface area contributed by atoms with Gasteiger partial charge < -0.3 is 10.2 Å². The number of hydrogen-bond donors (Lipinski definition) is 0. The van der Waals surface area contributed by atoms with Crippen molar-refractivity contribution >= 4 is 0 Å². The molecule has 0 aliphatic rings. The molecule has 0 saturated carbocycles. The van der Waals surface area contributed by atoms with Crippen molar-refractivity contribution in [1.29, 1.82) is 0 Å². The molecule has 2 nitrogen and oxygen atoms in total. The minimum atomic E-state index is 0. The summed E-state index contributed by atoms with van der Waals surface area (Å²) >= 11 is 0. The molecule has 1 radical (unpaired) electrons. The summed E-state index contributed by atoms with van der Waals surface area (Å²) in [5.41, 5.74) is 1.21. The molecule has 0 aliphatic carbocycles. The van der Waals surface area contributed by atoms with E-state index < -0.39 is 0 Å². The molecule has 0 atom stereocenters. The molecular formula is C5H7N2Re-. The van der Waals surface area contributed by atoms with Crippen LogP contribution in [0.1, 0.15) is 12.5 Å². The van der Waals surface area contributed by atoms with Gasteiger partial charge in [-0.25, -0.2) is 0 Å². The molecule has 0 aromatic carbocycles. The quantitative estimate of drug-likeness (QED) is 0.754. The summed E-state index contributed by atoms with van der Waals surface area (Å²) in [6.45, 7) is 2.08. The van der Waals surface area contributed by atoms with E-state index in [1.165, 1.54) is 5.56 Å². The average Bonchev–Trinajstić information content (AvgIpc) is 2.14. The Labute approximate surface area is 62.3 Å². The minimum Gasteiger partial charge on any atom is -0.582 e. The van der Waals surface area contributed by atoms with Gasteiger partial charge in [0.05, 0.1) is 0 Å². The van der Waals surface area contributed by atoms with E-state index >= 15 is 0 Å². The van der Waals surface area contributed by atoms with Crippen molar-refractivity contribution in [1.82, 2.24) is 10.2 Å². The number of hydrogen-bond acceptors (Lipinski definition) is 1. The Balaban J connectivity index is 0.000000490. The van der Waals surface area contributed by atoms with Gasteiger partial charge in [-0.1, -0.05) is 12.5 Å². The van der Waals surface area contributed by atoms with Crippen molar-refractivity contribution in [3.8, 4) is 0 Å². The first kappa shape index (κ1) is 7.87. The second kappa shape index (κ2) is 3.82. The molecule has 0 aliphatic heterocycles. The van der Waals surface area contributed by atoms with Gasteiger partial charge in [0.15, 0.2) is 0 Å². The topological polar surface area (TPSA) is 27.0 Å². The molecule has 0 saturated heterocycles. The molecule has 0 bridgehead atoms. The van der Waals surface area contributed by atoms with Gasteiger partial charge >= 0.3 is 0 Å². The van der Waals surface area contributed by atoms with Crippen LogP contribution in [0.4, 0.5) is 0 Å². The zero-order chi connectivity index (χ0) is 5.11. The number of rotatable bonds is 1. The molecule has 1 aromatic rings. The molecule has 0 N–H and O–H groups in total. The maximum Gasteiger partial charge on any atom is 0.00516 e. The van der Waals surface area contributed by atoms with Crippen molar-refractivity contribution < 1.29 is 20.4 Å². The van der Waals surface area contributed by atoms with Gasteiger partial charge in [0.1, 0.15) is 0 Å². The molecule has 1 rings (SSSR count). The van der Waals surface area contributed by atoms with Crippen LogP contribution in [-0.2, 0) is 26.8 Å². The van der Waals surface area contributed by atoms with Gasteiger partial charge in [0.25, 0.3) is 0 Å². The van der Waals surface area contributed by atoms with Crippen molar-refractivity contribution in [2.45, 2.75) is 13.3 Å². The molecule has 0 fully saturated rings. The SMILES string of the molecule is CCc1cn[n-]c1.[Re]. The Morgan fingerprint density at radius 1 is 1.75 bits per heavy atom.